The molecule has 0 spiro atoms. The lowest BCUT2D eigenvalue weighted by atomic mass is 9.83. The molecule has 2 unspecified atom stereocenters. The lowest BCUT2D eigenvalue weighted by Crippen LogP contribution is -2.51. The molecule has 3 atom stereocenters. The van der Waals surface area contributed by atoms with Crippen molar-refractivity contribution in [3.63, 3.8) is 0 Å². The van der Waals surface area contributed by atoms with E-state index in [2.05, 4.69) is 4.72 Å². The van der Waals surface area contributed by atoms with Crippen molar-refractivity contribution in [1.29, 1.82) is 0 Å². The summed E-state index contributed by atoms with van der Waals surface area (Å²) in [5.41, 5.74) is 6.28. The summed E-state index contributed by atoms with van der Waals surface area (Å²) in [6, 6.07) is 0.316. The molecule has 32 heavy (non-hydrogen) atoms. The van der Waals surface area contributed by atoms with Crippen LogP contribution in [0.25, 0.3) is 0 Å². The van der Waals surface area contributed by atoms with Crippen molar-refractivity contribution in [2.45, 2.75) is 68.3 Å². The van der Waals surface area contributed by atoms with Gasteiger partial charge in [-0.1, -0.05) is 0 Å². The van der Waals surface area contributed by atoms with E-state index in [9.17, 15) is 30.0 Å². The number of benzene rings is 1. The Labute approximate surface area is 186 Å². The third kappa shape index (κ3) is 4.98. The fourth-order valence-electron chi connectivity index (χ4n) is 5.04. The zero-order chi connectivity index (χ0) is 23.3. The first-order valence-electron chi connectivity index (χ1n) is 10.9. The molecule has 0 aromatic heterocycles. The molecule has 4 rings (SSSR count). The molecule has 3 fully saturated rings. The van der Waals surface area contributed by atoms with Gasteiger partial charge in [0.1, 0.15) is 5.82 Å². The summed E-state index contributed by atoms with van der Waals surface area (Å²) >= 11 is 0. The average molecular weight is 496 g/mol. The highest BCUT2D eigenvalue weighted by atomic mass is 32.2. The highest BCUT2D eigenvalue weighted by Crippen LogP contribution is 2.42. The molecule has 3 N–H and O–H groups in total. The minimum Gasteiger partial charge on any atom is -0.327 e. The van der Waals surface area contributed by atoms with Gasteiger partial charge >= 0.3 is 0 Å². The summed E-state index contributed by atoms with van der Waals surface area (Å²) < 4.78 is 94.3. The van der Waals surface area contributed by atoms with Crippen LogP contribution < -0.4 is 10.5 Å². The third-order valence-corrected chi connectivity index (χ3v) is 10.7. The second-order valence-corrected chi connectivity index (χ2v) is 13.2. The number of hydrogen-bond acceptors (Lipinski definition) is 5. The molecule has 2 saturated heterocycles. The number of nitrogens with one attached hydrogen (secondary N) is 1. The zero-order valence-corrected chi connectivity index (χ0v) is 19.1. The number of nitrogens with two attached hydrogens (primary N) is 1. The quantitative estimate of drug-likeness (QED) is 0.506. The van der Waals surface area contributed by atoms with E-state index in [1.54, 1.807) is 0 Å². The van der Waals surface area contributed by atoms with E-state index in [1.165, 1.54) is 4.31 Å². The first kappa shape index (κ1) is 23.9. The average Bonchev–Trinajstić information content (AvgIpc) is 3.52. The first-order valence-corrected chi connectivity index (χ1v) is 14.0. The molecule has 180 valence electrons. The second-order valence-electron chi connectivity index (χ2n) is 9.13. The largest absolute Gasteiger partial charge is 0.327 e. The molecule has 3 aliphatic rings. The Kier molecular flexibility index (Phi) is 6.63. The topological polar surface area (TPSA) is 110 Å². The van der Waals surface area contributed by atoms with E-state index in [4.69, 9.17) is 5.73 Å². The minimum atomic E-state index is -3.66. The van der Waals surface area contributed by atoms with Gasteiger partial charge in [0.15, 0.2) is 11.6 Å². The fraction of sp³-hybridized carbons (Fsp3) is 0.700. The molecular formula is C20H28F3N3O4S2. The highest BCUT2D eigenvalue weighted by molar-refractivity contribution is 7.90. The number of piperidine rings is 1. The lowest BCUT2D eigenvalue weighted by Gasteiger charge is -2.40. The summed E-state index contributed by atoms with van der Waals surface area (Å²) in [7, 11) is -7.10. The molecule has 1 aromatic rings. The van der Waals surface area contributed by atoms with Crippen molar-refractivity contribution in [3.8, 4) is 0 Å². The van der Waals surface area contributed by atoms with Crippen LogP contribution in [0.1, 0.15) is 44.1 Å². The number of fused-ring (bicyclic) bond motifs is 2. The van der Waals surface area contributed by atoms with Crippen LogP contribution >= 0.6 is 0 Å². The minimum absolute atomic E-state index is 0.00162. The maximum atomic E-state index is 14.0. The van der Waals surface area contributed by atoms with Gasteiger partial charge in [0.25, 0.3) is 0 Å². The Balaban J connectivity index is 1.37. The molecule has 1 aromatic carbocycles. The molecule has 12 heteroatoms. The van der Waals surface area contributed by atoms with Gasteiger partial charge in [-0.05, 0) is 62.5 Å². The normalized spacial score (nSPS) is 27.6. The van der Waals surface area contributed by atoms with E-state index < -0.39 is 48.8 Å². The molecule has 2 heterocycles. The van der Waals surface area contributed by atoms with Crippen LogP contribution in [0, 0.1) is 23.4 Å². The molecular weight excluding hydrogens is 467 g/mol. The molecule has 2 aliphatic heterocycles. The van der Waals surface area contributed by atoms with Crippen LogP contribution in [0.15, 0.2) is 12.1 Å². The Morgan fingerprint density at radius 3 is 2.16 bits per heavy atom. The predicted octanol–water partition coefficient (Wildman–Crippen LogP) is 1.63. The Morgan fingerprint density at radius 1 is 0.969 bits per heavy atom. The van der Waals surface area contributed by atoms with Crippen LogP contribution in [0.5, 0.6) is 0 Å². The second kappa shape index (κ2) is 8.86. The standard InChI is InChI=1S/C20H28F3N3O4S2/c21-17-11-19(23)18(22)9-12(17)10-20(24)13-7-14-1-2-15(8-13)26(14)31(27,28)6-5-25-32(29,30)16-3-4-16/h9,11,13-16,20,25H,1-8,10,24H2/t13?,14?,15?,20-/m1/s1. The lowest BCUT2D eigenvalue weighted by molar-refractivity contribution is 0.170. The summed E-state index contributed by atoms with van der Waals surface area (Å²) in [6.07, 6.45) is 3.60. The van der Waals surface area contributed by atoms with Gasteiger partial charge in [-0.2, -0.15) is 4.31 Å². The van der Waals surface area contributed by atoms with E-state index in [0.29, 0.717) is 44.6 Å². The predicted molar refractivity (Wildman–Crippen MR) is 113 cm³/mol. The van der Waals surface area contributed by atoms with Crippen LogP contribution in [0.3, 0.4) is 0 Å². The fourth-order valence-corrected chi connectivity index (χ4v) is 8.41. The van der Waals surface area contributed by atoms with Crippen molar-refractivity contribution in [3.05, 3.63) is 35.1 Å². The summed E-state index contributed by atoms with van der Waals surface area (Å²) in [6.45, 7) is -0.157. The smallest absolute Gasteiger partial charge is 0.215 e. The van der Waals surface area contributed by atoms with Crippen LogP contribution in [-0.4, -0.2) is 56.8 Å². The van der Waals surface area contributed by atoms with Crippen LogP contribution in [-0.2, 0) is 26.5 Å². The molecule has 1 saturated carbocycles. The molecule has 0 radical (unpaired) electrons. The Hall–Kier alpha value is -1.21. The van der Waals surface area contributed by atoms with Crippen molar-refractivity contribution >= 4 is 20.0 Å². The van der Waals surface area contributed by atoms with Crippen molar-refractivity contribution in [1.82, 2.24) is 9.03 Å². The van der Waals surface area contributed by atoms with Gasteiger partial charge in [0.05, 0.1) is 11.0 Å². The third-order valence-electron chi connectivity index (χ3n) is 6.80. The Morgan fingerprint density at radius 2 is 1.56 bits per heavy atom. The first-order chi connectivity index (χ1) is 15.0. The summed E-state index contributed by atoms with van der Waals surface area (Å²) in [4.78, 5) is 0. The SMILES string of the molecule is N[C@H](Cc1cc(F)c(F)cc1F)C1CC2CCC(C1)N2S(=O)(=O)CCNS(=O)(=O)C1CC1. The number of halogens is 3. The van der Waals surface area contributed by atoms with E-state index in [-0.39, 0.29) is 42.3 Å². The van der Waals surface area contributed by atoms with Crippen molar-refractivity contribution < 1.29 is 30.0 Å². The van der Waals surface area contributed by atoms with Crippen molar-refractivity contribution in [2.75, 3.05) is 12.3 Å². The molecule has 0 amide bonds. The van der Waals surface area contributed by atoms with Gasteiger partial charge in [0.2, 0.25) is 20.0 Å². The van der Waals surface area contributed by atoms with Gasteiger partial charge in [-0.3, -0.25) is 0 Å². The van der Waals surface area contributed by atoms with Gasteiger partial charge in [-0.25, -0.2) is 34.7 Å². The van der Waals surface area contributed by atoms with Crippen molar-refractivity contribution in [2.24, 2.45) is 11.7 Å². The van der Waals surface area contributed by atoms with Gasteiger partial charge < -0.3 is 5.73 Å². The van der Waals surface area contributed by atoms with Crippen LogP contribution in [0.2, 0.25) is 0 Å². The molecule has 1 aliphatic carbocycles. The summed E-state index contributed by atoms with van der Waals surface area (Å²) in [5.74, 6) is -3.62. The Bertz CT molecular complexity index is 1070. The van der Waals surface area contributed by atoms with Gasteiger partial charge in [-0.15, -0.1) is 0 Å². The van der Waals surface area contributed by atoms with E-state index in [1.807, 2.05) is 0 Å². The van der Waals surface area contributed by atoms with Gasteiger partial charge in [0, 0.05) is 30.7 Å². The number of nitrogens with zero attached hydrogens (tertiary/aromatic N) is 1. The zero-order valence-electron chi connectivity index (χ0n) is 17.5. The molecule has 2 bridgehead atoms. The van der Waals surface area contributed by atoms with E-state index in [0.717, 1.165) is 6.07 Å². The maximum absolute atomic E-state index is 14.0. The summed E-state index contributed by atoms with van der Waals surface area (Å²) in [5, 5.41) is -0.405. The molecule has 7 nitrogen and oxygen atoms in total. The number of rotatable bonds is 9. The monoisotopic (exact) mass is 495 g/mol. The number of hydrogen-bond donors (Lipinski definition) is 2. The van der Waals surface area contributed by atoms with E-state index >= 15 is 0 Å². The van der Waals surface area contributed by atoms with Crippen LogP contribution in [0.4, 0.5) is 13.2 Å². The maximum Gasteiger partial charge on any atom is 0.215 e. The number of sulfonamides is 2. The highest BCUT2D eigenvalue weighted by Gasteiger charge is 2.47.